The Labute approximate surface area is 83.6 Å². The first kappa shape index (κ1) is 9.48. The van der Waals surface area contributed by atoms with Crippen LogP contribution in [0.5, 0.6) is 0 Å². The van der Waals surface area contributed by atoms with E-state index in [2.05, 4.69) is 5.32 Å². The second-order valence-electron chi connectivity index (χ2n) is 3.44. The lowest BCUT2D eigenvalue weighted by Gasteiger charge is -2.26. The molecule has 0 radical (unpaired) electrons. The van der Waals surface area contributed by atoms with Crippen LogP contribution in [0.25, 0.3) is 0 Å². The zero-order valence-corrected chi connectivity index (χ0v) is 8.93. The third-order valence-electron chi connectivity index (χ3n) is 2.32. The summed E-state index contributed by atoms with van der Waals surface area (Å²) in [4.78, 5) is 0.358. The van der Waals surface area contributed by atoms with Crippen LogP contribution in [-0.4, -0.2) is 26.4 Å². The highest BCUT2D eigenvalue weighted by Crippen LogP contribution is 2.28. The van der Waals surface area contributed by atoms with Gasteiger partial charge in [-0.2, -0.15) is 4.31 Å². The number of sulfonamides is 1. The van der Waals surface area contributed by atoms with Crippen molar-refractivity contribution in [2.75, 3.05) is 19.0 Å². The van der Waals surface area contributed by atoms with Gasteiger partial charge in [0.25, 0.3) is 0 Å². The first-order valence-corrected chi connectivity index (χ1v) is 5.77. The van der Waals surface area contributed by atoms with Crippen molar-refractivity contribution in [3.8, 4) is 0 Å². The molecule has 14 heavy (non-hydrogen) atoms. The Bertz CT molecular complexity index is 468. The van der Waals surface area contributed by atoms with Crippen LogP contribution in [0.2, 0.25) is 0 Å². The summed E-state index contributed by atoms with van der Waals surface area (Å²) in [5, 5.41) is 3.06. The van der Waals surface area contributed by atoms with E-state index in [1.165, 1.54) is 4.31 Å². The second-order valence-corrected chi connectivity index (χ2v) is 5.45. The van der Waals surface area contributed by atoms with Gasteiger partial charge in [0.2, 0.25) is 10.0 Å². The normalized spacial score (nSPS) is 19.9. The van der Waals surface area contributed by atoms with E-state index < -0.39 is 10.0 Å². The standard InChI is InChI=1S/C9H12N2O2S/c1-7-3-4-9-8(5-7)10-6-11(2)14(9,12)13/h3-5,10H,6H2,1-2H3. The molecular formula is C9H12N2O2S. The number of benzene rings is 1. The van der Waals surface area contributed by atoms with E-state index in [-0.39, 0.29) is 0 Å². The summed E-state index contributed by atoms with van der Waals surface area (Å²) in [6.07, 6.45) is 0. The van der Waals surface area contributed by atoms with Gasteiger partial charge in [-0.3, -0.25) is 0 Å². The summed E-state index contributed by atoms with van der Waals surface area (Å²) >= 11 is 0. The fourth-order valence-corrected chi connectivity index (χ4v) is 2.68. The van der Waals surface area contributed by atoms with E-state index in [0.717, 1.165) is 5.56 Å². The predicted molar refractivity (Wildman–Crippen MR) is 54.6 cm³/mol. The molecule has 0 spiro atoms. The van der Waals surface area contributed by atoms with Gasteiger partial charge < -0.3 is 5.32 Å². The van der Waals surface area contributed by atoms with Crippen molar-refractivity contribution in [3.63, 3.8) is 0 Å². The molecule has 0 bridgehead atoms. The number of hydrogen-bond donors (Lipinski definition) is 1. The van der Waals surface area contributed by atoms with Crippen molar-refractivity contribution >= 4 is 15.7 Å². The topological polar surface area (TPSA) is 49.4 Å². The van der Waals surface area contributed by atoms with Crippen molar-refractivity contribution < 1.29 is 8.42 Å². The quantitative estimate of drug-likeness (QED) is 0.698. The number of aryl methyl sites for hydroxylation is 1. The van der Waals surface area contributed by atoms with Gasteiger partial charge >= 0.3 is 0 Å². The minimum Gasteiger partial charge on any atom is -0.370 e. The van der Waals surface area contributed by atoms with E-state index >= 15 is 0 Å². The molecule has 0 saturated carbocycles. The number of nitrogens with zero attached hydrogens (tertiary/aromatic N) is 1. The van der Waals surface area contributed by atoms with E-state index in [1.807, 2.05) is 13.0 Å². The highest BCUT2D eigenvalue weighted by atomic mass is 32.2. The largest absolute Gasteiger partial charge is 0.370 e. The van der Waals surface area contributed by atoms with Crippen LogP contribution in [0.1, 0.15) is 5.56 Å². The zero-order chi connectivity index (χ0) is 10.3. The van der Waals surface area contributed by atoms with Crippen molar-refractivity contribution in [1.82, 2.24) is 4.31 Å². The van der Waals surface area contributed by atoms with Crippen LogP contribution in [-0.2, 0) is 10.0 Å². The molecule has 5 heteroatoms. The monoisotopic (exact) mass is 212 g/mol. The van der Waals surface area contributed by atoms with E-state index in [1.54, 1.807) is 19.2 Å². The first-order chi connectivity index (χ1) is 6.51. The average molecular weight is 212 g/mol. The summed E-state index contributed by atoms with van der Waals surface area (Å²) in [5.41, 5.74) is 1.75. The maximum Gasteiger partial charge on any atom is 0.246 e. The van der Waals surface area contributed by atoms with Gasteiger partial charge in [-0.15, -0.1) is 0 Å². The molecule has 0 atom stereocenters. The lowest BCUT2D eigenvalue weighted by atomic mass is 10.2. The smallest absolute Gasteiger partial charge is 0.246 e. The maximum atomic E-state index is 11.8. The Morgan fingerprint density at radius 1 is 1.43 bits per heavy atom. The molecule has 4 nitrogen and oxygen atoms in total. The molecule has 1 aliphatic heterocycles. The molecule has 0 aromatic heterocycles. The van der Waals surface area contributed by atoms with Gasteiger partial charge in [0, 0.05) is 7.05 Å². The third-order valence-corrected chi connectivity index (χ3v) is 4.18. The first-order valence-electron chi connectivity index (χ1n) is 4.33. The predicted octanol–water partition coefficient (Wildman–Crippen LogP) is 0.999. The van der Waals surface area contributed by atoms with Gasteiger partial charge in [0.05, 0.1) is 12.4 Å². The SMILES string of the molecule is Cc1ccc2c(c1)NCN(C)S2(=O)=O. The van der Waals surface area contributed by atoms with Crippen molar-refractivity contribution in [2.45, 2.75) is 11.8 Å². The molecule has 1 N–H and O–H groups in total. The molecule has 0 aliphatic carbocycles. The fraction of sp³-hybridized carbons (Fsp3) is 0.333. The Kier molecular flexibility index (Phi) is 2.01. The summed E-state index contributed by atoms with van der Waals surface area (Å²) in [7, 11) is -1.71. The van der Waals surface area contributed by atoms with Gasteiger partial charge in [-0.25, -0.2) is 8.42 Å². The molecule has 1 aromatic carbocycles. The van der Waals surface area contributed by atoms with Crippen molar-refractivity contribution in [1.29, 1.82) is 0 Å². The molecule has 1 heterocycles. The van der Waals surface area contributed by atoms with Gasteiger partial charge in [0.15, 0.2) is 0 Å². The van der Waals surface area contributed by atoms with Crippen LogP contribution in [0.4, 0.5) is 5.69 Å². The number of rotatable bonds is 0. The molecule has 1 aliphatic rings. The minimum atomic E-state index is -3.27. The number of fused-ring (bicyclic) bond motifs is 1. The highest BCUT2D eigenvalue weighted by Gasteiger charge is 2.27. The molecular weight excluding hydrogens is 200 g/mol. The number of anilines is 1. The molecule has 0 unspecified atom stereocenters. The molecule has 0 saturated heterocycles. The van der Waals surface area contributed by atoms with Crippen molar-refractivity contribution in [3.05, 3.63) is 23.8 Å². The molecule has 76 valence electrons. The maximum absolute atomic E-state index is 11.8. The Balaban J connectivity index is 2.65. The summed E-state index contributed by atoms with van der Waals surface area (Å²) in [6, 6.07) is 5.29. The third kappa shape index (κ3) is 1.29. The highest BCUT2D eigenvalue weighted by molar-refractivity contribution is 7.89. The molecule has 0 amide bonds. The number of hydrogen-bond acceptors (Lipinski definition) is 3. The Morgan fingerprint density at radius 3 is 2.86 bits per heavy atom. The van der Waals surface area contributed by atoms with Crippen LogP contribution in [0.3, 0.4) is 0 Å². The van der Waals surface area contributed by atoms with Gasteiger partial charge in [-0.1, -0.05) is 6.07 Å². The Hall–Kier alpha value is -1.07. The van der Waals surface area contributed by atoms with Crippen LogP contribution >= 0.6 is 0 Å². The lowest BCUT2D eigenvalue weighted by molar-refractivity contribution is 0.482. The zero-order valence-electron chi connectivity index (χ0n) is 8.11. The van der Waals surface area contributed by atoms with Crippen LogP contribution in [0.15, 0.2) is 23.1 Å². The molecule has 1 aromatic rings. The van der Waals surface area contributed by atoms with Gasteiger partial charge in [0.1, 0.15) is 4.90 Å². The average Bonchev–Trinajstić information content (AvgIpc) is 2.12. The second kappa shape index (κ2) is 2.96. The molecule has 2 rings (SSSR count). The summed E-state index contributed by atoms with van der Waals surface area (Å²) < 4.78 is 24.9. The fourth-order valence-electron chi connectivity index (χ4n) is 1.46. The van der Waals surface area contributed by atoms with E-state index in [4.69, 9.17) is 0 Å². The lowest BCUT2D eigenvalue weighted by Crippen LogP contribution is -2.36. The number of nitrogens with one attached hydrogen (secondary N) is 1. The van der Waals surface area contributed by atoms with Crippen LogP contribution < -0.4 is 5.32 Å². The Morgan fingerprint density at radius 2 is 2.14 bits per heavy atom. The van der Waals surface area contributed by atoms with E-state index in [9.17, 15) is 8.42 Å². The van der Waals surface area contributed by atoms with Crippen molar-refractivity contribution in [2.24, 2.45) is 0 Å². The van der Waals surface area contributed by atoms with E-state index in [0.29, 0.717) is 17.3 Å². The molecule has 0 fully saturated rings. The van der Waals surface area contributed by atoms with Gasteiger partial charge in [-0.05, 0) is 24.6 Å². The summed E-state index contributed by atoms with van der Waals surface area (Å²) in [5.74, 6) is 0. The van der Waals surface area contributed by atoms with Crippen LogP contribution in [0, 0.1) is 6.92 Å². The summed E-state index contributed by atoms with van der Waals surface area (Å²) in [6.45, 7) is 2.27. The minimum absolute atomic E-state index is 0.332.